The summed E-state index contributed by atoms with van der Waals surface area (Å²) >= 11 is 0. The zero-order chi connectivity index (χ0) is 49.4. The zero-order valence-corrected chi connectivity index (χ0v) is 40.9. The van der Waals surface area contributed by atoms with E-state index in [2.05, 4.69) is 276 Å². The van der Waals surface area contributed by atoms with Crippen LogP contribution < -0.4 is 0 Å². The van der Waals surface area contributed by atoms with Crippen molar-refractivity contribution in [2.75, 3.05) is 0 Å². The maximum Gasteiger partial charge on any atom is 0.135 e. The van der Waals surface area contributed by atoms with Crippen molar-refractivity contribution in [1.29, 1.82) is 0 Å². The lowest BCUT2D eigenvalue weighted by Crippen LogP contribution is -1.95. The van der Waals surface area contributed by atoms with Gasteiger partial charge >= 0.3 is 0 Å². The van der Waals surface area contributed by atoms with Gasteiger partial charge in [0.25, 0.3) is 0 Å². The average Bonchev–Trinajstić information content (AvgIpc) is 4.18. The van der Waals surface area contributed by atoms with Gasteiger partial charge in [0, 0.05) is 43.7 Å². The fraction of sp³-hybridized carbons (Fsp3) is 0. The largest absolute Gasteiger partial charge is 0.456 e. The van der Waals surface area contributed by atoms with Gasteiger partial charge in [-0.05, 0) is 164 Å². The molecule has 3 nitrogen and oxygen atoms in total. The molecule has 0 atom stereocenters. The Morgan fingerprint density at radius 2 is 0.520 bits per heavy atom. The smallest absolute Gasteiger partial charge is 0.135 e. The summed E-state index contributed by atoms with van der Waals surface area (Å²) in [5.74, 6) is 0. The summed E-state index contributed by atoms with van der Waals surface area (Å²) in [5.41, 5.74) is 23.1. The van der Waals surface area contributed by atoms with E-state index in [9.17, 15) is 0 Å². The SMILES string of the molecule is c1ccc(-c2cccc(-c3cccc(-c4cccc(-c5cccc(-c6cccc(-c7ccc8c(c7)c7ccccc7n8-c7ccc8c(c7)c7ccccc7n8-c7ccc8oc9ccccc9c8c7)c6)c5)c4)c3)c2)cc1. The Hall–Kier alpha value is -9.96. The maximum atomic E-state index is 6.22. The van der Waals surface area contributed by atoms with Crippen molar-refractivity contribution in [1.82, 2.24) is 9.13 Å². The number of nitrogens with zero attached hydrogens (tertiary/aromatic N) is 2. The standard InChI is InChI=1S/C72H46N2O/c1-2-15-47(16-3-1)48-17-10-18-49(39-48)50-19-11-20-51(40-50)52-21-12-22-53(41-52)54-23-13-24-55(42-54)56-25-14-26-57(43-56)58-33-36-69-64(44-58)61-27-4-7-30-67(61)73(69)59-34-37-70-65(45-59)62-28-5-8-31-68(62)74(70)60-35-38-72-66(46-60)63-29-6-9-32-71(63)75-72/h1-46H. The molecule has 0 aliphatic carbocycles. The first kappa shape index (κ1) is 42.7. The summed E-state index contributed by atoms with van der Waals surface area (Å²) in [4.78, 5) is 0. The number of para-hydroxylation sites is 3. The fourth-order valence-electron chi connectivity index (χ4n) is 11.7. The van der Waals surface area contributed by atoms with Crippen molar-refractivity contribution in [3.05, 3.63) is 279 Å². The van der Waals surface area contributed by atoms with Crippen LogP contribution in [-0.4, -0.2) is 9.13 Å². The van der Waals surface area contributed by atoms with Gasteiger partial charge in [0.1, 0.15) is 11.2 Å². The summed E-state index contributed by atoms with van der Waals surface area (Å²) in [7, 11) is 0. The molecule has 0 radical (unpaired) electrons. The van der Waals surface area contributed by atoms with E-state index in [1.807, 2.05) is 12.1 Å². The van der Waals surface area contributed by atoms with E-state index in [1.165, 1.54) is 105 Å². The van der Waals surface area contributed by atoms with Gasteiger partial charge in [-0.3, -0.25) is 0 Å². The van der Waals surface area contributed by atoms with E-state index in [1.54, 1.807) is 0 Å². The summed E-state index contributed by atoms with van der Waals surface area (Å²) < 4.78 is 11.0. The average molecular weight is 955 g/mol. The van der Waals surface area contributed by atoms with Crippen molar-refractivity contribution in [2.45, 2.75) is 0 Å². The van der Waals surface area contributed by atoms with Gasteiger partial charge < -0.3 is 13.6 Å². The second-order valence-electron chi connectivity index (χ2n) is 19.7. The molecule has 0 aliphatic heterocycles. The second-order valence-corrected chi connectivity index (χ2v) is 19.7. The van der Waals surface area contributed by atoms with Crippen LogP contribution in [0.15, 0.2) is 283 Å². The minimum absolute atomic E-state index is 0.897. The van der Waals surface area contributed by atoms with E-state index in [0.29, 0.717) is 0 Å². The van der Waals surface area contributed by atoms with Gasteiger partial charge in [0.15, 0.2) is 0 Å². The molecule has 12 aromatic carbocycles. The van der Waals surface area contributed by atoms with Crippen LogP contribution in [-0.2, 0) is 0 Å². The van der Waals surface area contributed by atoms with Gasteiger partial charge in [0.05, 0.1) is 22.1 Å². The van der Waals surface area contributed by atoms with Crippen LogP contribution in [0.3, 0.4) is 0 Å². The van der Waals surface area contributed by atoms with E-state index in [4.69, 9.17) is 4.42 Å². The van der Waals surface area contributed by atoms with Crippen molar-refractivity contribution in [3.8, 4) is 78.1 Å². The Morgan fingerprint density at radius 1 is 0.187 bits per heavy atom. The Kier molecular flexibility index (Phi) is 9.89. The molecule has 0 amide bonds. The first-order valence-corrected chi connectivity index (χ1v) is 25.7. The molecule has 0 N–H and O–H groups in total. The highest BCUT2D eigenvalue weighted by atomic mass is 16.3. The molecule has 3 heterocycles. The maximum absolute atomic E-state index is 6.22. The molecule has 75 heavy (non-hydrogen) atoms. The van der Waals surface area contributed by atoms with E-state index >= 15 is 0 Å². The Bertz CT molecular complexity index is 4720. The molecule has 15 rings (SSSR count). The minimum Gasteiger partial charge on any atom is -0.456 e. The first-order chi connectivity index (χ1) is 37.1. The lowest BCUT2D eigenvalue weighted by Gasteiger charge is -2.12. The Morgan fingerprint density at radius 3 is 1.03 bits per heavy atom. The van der Waals surface area contributed by atoms with Crippen LogP contribution in [0.2, 0.25) is 0 Å². The van der Waals surface area contributed by atoms with Crippen LogP contribution in [0.1, 0.15) is 0 Å². The second kappa shape index (κ2) is 17.4. The molecular formula is C72H46N2O. The quantitative estimate of drug-likeness (QED) is 0.149. The van der Waals surface area contributed by atoms with Crippen LogP contribution in [0.4, 0.5) is 0 Å². The normalized spacial score (nSPS) is 11.7. The van der Waals surface area contributed by atoms with Crippen LogP contribution in [0, 0.1) is 0 Å². The van der Waals surface area contributed by atoms with Gasteiger partial charge in [-0.1, -0.05) is 182 Å². The van der Waals surface area contributed by atoms with Crippen molar-refractivity contribution >= 4 is 65.6 Å². The highest BCUT2D eigenvalue weighted by Gasteiger charge is 2.19. The molecular weight excluding hydrogens is 909 g/mol. The van der Waals surface area contributed by atoms with Gasteiger partial charge in [-0.25, -0.2) is 0 Å². The fourth-order valence-corrected chi connectivity index (χ4v) is 11.7. The third-order valence-electron chi connectivity index (χ3n) is 15.3. The number of fused-ring (bicyclic) bond motifs is 9. The molecule has 3 heteroatoms. The molecule has 0 unspecified atom stereocenters. The summed E-state index contributed by atoms with van der Waals surface area (Å²) in [6, 6.07) is 102. The van der Waals surface area contributed by atoms with E-state index in [-0.39, 0.29) is 0 Å². The van der Waals surface area contributed by atoms with Gasteiger partial charge in [0.2, 0.25) is 0 Å². The molecule has 0 saturated carbocycles. The van der Waals surface area contributed by atoms with Crippen molar-refractivity contribution < 1.29 is 4.42 Å². The molecule has 3 aromatic heterocycles. The summed E-state index contributed by atoms with van der Waals surface area (Å²) in [6.45, 7) is 0. The highest BCUT2D eigenvalue weighted by Crippen LogP contribution is 2.41. The number of hydrogen-bond donors (Lipinski definition) is 0. The Labute approximate surface area is 434 Å². The number of hydrogen-bond acceptors (Lipinski definition) is 1. The Balaban J connectivity index is 0.757. The van der Waals surface area contributed by atoms with Crippen molar-refractivity contribution in [2.24, 2.45) is 0 Å². The lowest BCUT2D eigenvalue weighted by atomic mass is 9.93. The number of furan rings is 1. The topological polar surface area (TPSA) is 23.0 Å². The van der Waals surface area contributed by atoms with Gasteiger partial charge in [-0.2, -0.15) is 0 Å². The van der Waals surface area contributed by atoms with Gasteiger partial charge in [-0.15, -0.1) is 0 Å². The van der Waals surface area contributed by atoms with Crippen molar-refractivity contribution in [3.63, 3.8) is 0 Å². The predicted molar refractivity (Wildman–Crippen MR) is 315 cm³/mol. The molecule has 0 bridgehead atoms. The van der Waals surface area contributed by atoms with E-state index < -0.39 is 0 Å². The first-order valence-electron chi connectivity index (χ1n) is 25.7. The molecule has 0 spiro atoms. The lowest BCUT2D eigenvalue weighted by molar-refractivity contribution is 0.669. The summed E-state index contributed by atoms with van der Waals surface area (Å²) in [6.07, 6.45) is 0. The third-order valence-corrected chi connectivity index (χ3v) is 15.3. The minimum atomic E-state index is 0.897. The molecule has 0 saturated heterocycles. The zero-order valence-electron chi connectivity index (χ0n) is 40.9. The van der Waals surface area contributed by atoms with Crippen LogP contribution in [0.5, 0.6) is 0 Å². The summed E-state index contributed by atoms with van der Waals surface area (Å²) in [5, 5.41) is 7.13. The van der Waals surface area contributed by atoms with E-state index in [0.717, 1.165) is 38.8 Å². The predicted octanol–water partition coefficient (Wildman–Crippen LogP) is 19.8. The molecule has 15 aromatic rings. The van der Waals surface area contributed by atoms with Crippen LogP contribution in [0.25, 0.3) is 144 Å². The van der Waals surface area contributed by atoms with Crippen LogP contribution >= 0.6 is 0 Å². The molecule has 0 fully saturated rings. The highest BCUT2D eigenvalue weighted by molar-refractivity contribution is 6.13. The molecule has 350 valence electrons. The monoisotopic (exact) mass is 954 g/mol. The molecule has 0 aliphatic rings. The number of rotatable bonds is 8. The third kappa shape index (κ3) is 7.28. The number of aromatic nitrogens is 2. The number of benzene rings is 12.